The van der Waals surface area contributed by atoms with Crippen LogP contribution in [-0.4, -0.2) is 53.5 Å². The SMILES string of the molecule is COc1ccc2nccc([C@@H](CC[C@@H]3CCN(CC#Cc4cc(F)cc(F)c4)C[C@@H]3CO)NO)c2c1. The van der Waals surface area contributed by atoms with Gasteiger partial charge < -0.3 is 15.1 Å². The number of nitrogens with zero attached hydrogens (tertiary/aromatic N) is 2. The van der Waals surface area contributed by atoms with Crippen molar-refractivity contribution in [2.45, 2.75) is 25.3 Å². The topological polar surface area (TPSA) is 77.9 Å². The Hall–Kier alpha value is -3.09. The molecule has 6 nitrogen and oxygen atoms in total. The Morgan fingerprint density at radius 2 is 1.97 bits per heavy atom. The minimum atomic E-state index is -0.643. The summed E-state index contributed by atoms with van der Waals surface area (Å²) in [5, 5.41) is 20.9. The molecule has 0 bridgehead atoms. The molecule has 0 spiro atoms. The van der Waals surface area contributed by atoms with Crippen molar-refractivity contribution in [2.75, 3.05) is 33.4 Å². The molecule has 0 unspecified atom stereocenters. The quantitative estimate of drug-likeness (QED) is 0.320. The van der Waals surface area contributed by atoms with Gasteiger partial charge in [-0.05, 0) is 79.6 Å². The van der Waals surface area contributed by atoms with Crippen molar-refractivity contribution >= 4 is 10.9 Å². The second-order valence-electron chi connectivity index (χ2n) is 9.23. The Balaban J connectivity index is 1.37. The molecule has 1 aliphatic rings. The van der Waals surface area contributed by atoms with Crippen molar-refractivity contribution in [1.29, 1.82) is 0 Å². The van der Waals surface area contributed by atoms with E-state index in [0.717, 1.165) is 47.7 Å². The molecule has 1 aliphatic heterocycles. The number of pyridine rings is 1. The highest BCUT2D eigenvalue weighted by atomic mass is 19.1. The minimum Gasteiger partial charge on any atom is -0.497 e. The molecule has 3 atom stereocenters. The number of halogens is 2. The monoisotopic (exact) mass is 495 g/mol. The number of piperidine rings is 1. The second-order valence-corrected chi connectivity index (χ2v) is 9.23. The number of likely N-dealkylation sites (tertiary alicyclic amines) is 1. The first-order valence-corrected chi connectivity index (χ1v) is 12.1. The van der Waals surface area contributed by atoms with Crippen LogP contribution < -0.4 is 10.2 Å². The predicted molar refractivity (Wildman–Crippen MR) is 134 cm³/mol. The third kappa shape index (κ3) is 6.37. The summed E-state index contributed by atoms with van der Waals surface area (Å²) in [4.78, 5) is 6.58. The molecule has 4 rings (SSSR count). The van der Waals surface area contributed by atoms with Gasteiger partial charge in [0.25, 0.3) is 0 Å². The van der Waals surface area contributed by atoms with E-state index < -0.39 is 11.6 Å². The number of hydroxylamine groups is 1. The van der Waals surface area contributed by atoms with Crippen LogP contribution in [0, 0.1) is 35.3 Å². The molecule has 8 heteroatoms. The van der Waals surface area contributed by atoms with Gasteiger partial charge >= 0.3 is 0 Å². The Labute approximate surface area is 209 Å². The van der Waals surface area contributed by atoms with Crippen molar-refractivity contribution in [3.05, 3.63) is 71.4 Å². The molecule has 1 fully saturated rings. The number of aliphatic hydroxyl groups excluding tert-OH is 1. The Bertz CT molecular complexity index is 1220. The lowest BCUT2D eigenvalue weighted by Crippen LogP contribution is -2.42. The number of hydrogen-bond acceptors (Lipinski definition) is 6. The molecule has 190 valence electrons. The number of methoxy groups -OCH3 is 1. The molecule has 2 heterocycles. The van der Waals surface area contributed by atoms with Crippen LogP contribution in [0.2, 0.25) is 0 Å². The lowest BCUT2D eigenvalue weighted by atomic mass is 9.81. The van der Waals surface area contributed by atoms with Crippen LogP contribution in [0.4, 0.5) is 8.78 Å². The number of ether oxygens (including phenoxy) is 1. The number of benzene rings is 2. The number of aliphatic hydroxyl groups is 1. The molecule has 0 saturated carbocycles. The Morgan fingerprint density at radius 1 is 1.17 bits per heavy atom. The van der Waals surface area contributed by atoms with Crippen molar-refractivity contribution in [3.8, 4) is 17.6 Å². The molecular weight excluding hydrogens is 464 g/mol. The van der Waals surface area contributed by atoms with E-state index in [1.165, 1.54) is 12.1 Å². The maximum Gasteiger partial charge on any atom is 0.127 e. The number of hydrogen-bond donors (Lipinski definition) is 3. The van der Waals surface area contributed by atoms with Crippen molar-refractivity contribution in [2.24, 2.45) is 11.8 Å². The van der Waals surface area contributed by atoms with Crippen LogP contribution in [0.3, 0.4) is 0 Å². The third-order valence-electron chi connectivity index (χ3n) is 6.95. The maximum atomic E-state index is 13.3. The molecular formula is C28H31F2N3O3. The molecule has 36 heavy (non-hydrogen) atoms. The molecule has 0 aliphatic carbocycles. The summed E-state index contributed by atoms with van der Waals surface area (Å²) in [7, 11) is 1.62. The summed E-state index contributed by atoms with van der Waals surface area (Å²) in [6.07, 6.45) is 4.16. The minimum absolute atomic E-state index is 0.0658. The predicted octanol–water partition coefficient (Wildman–Crippen LogP) is 4.30. The van der Waals surface area contributed by atoms with Gasteiger partial charge in [-0.25, -0.2) is 8.78 Å². The lowest BCUT2D eigenvalue weighted by molar-refractivity contribution is 0.0657. The van der Waals surface area contributed by atoms with Crippen LogP contribution in [0.1, 0.15) is 36.4 Å². The first kappa shape index (κ1) is 26.0. The van der Waals surface area contributed by atoms with Crippen molar-refractivity contribution in [3.63, 3.8) is 0 Å². The van der Waals surface area contributed by atoms with Crippen LogP contribution in [0.15, 0.2) is 48.7 Å². The van der Waals surface area contributed by atoms with Crippen LogP contribution in [0.5, 0.6) is 5.75 Å². The van der Waals surface area contributed by atoms with E-state index in [1.807, 2.05) is 24.3 Å². The van der Waals surface area contributed by atoms with Crippen molar-refractivity contribution < 1.29 is 23.8 Å². The van der Waals surface area contributed by atoms with E-state index in [-0.39, 0.29) is 18.6 Å². The largest absolute Gasteiger partial charge is 0.497 e. The van der Waals surface area contributed by atoms with E-state index >= 15 is 0 Å². The van der Waals surface area contributed by atoms with Gasteiger partial charge in [0.2, 0.25) is 0 Å². The Morgan fingerprint density at radius 3 is 2.69 bits per heavy atom. The van der Waals surface area contributed by atoms with Gasteiger partial charge in [-0.3, -0.25) is 9.88 Å². The van der Waals surface area contributed by atoms with Crippen molar-refractivity contribution in [1.82, 2.24) is 15.4 Å². The van der Waals surface area contributed by atoms with Gasteiger partial charge in [0.15, 0.2) is 0 Å². The maximum absolute atomic E-state index is 13.3. The van der Waals surface area contributed by atoms with Crippen LogP contribution in [0.25, 0.3) is 10.9 Å². The van der Waals surface area contributed by atoms with Gasteiger partial charge in [-0.2, -0.15) is 5.48 Å². The second kappa shape index (κ2) is 12.2. The van der Waals surface area contributed by atoms with Gasteiger partial charge in [0, 0.05) is 36.4 Å². The number of fused-ring (bicyclic) bond motifs is 1. The zero-order chi connectivity index (χ0) is 25.5. The molecule has 0 radical (unpaired) electrons. The number of aromatic nitrogens is 1. The zero-order valence-electron chi connectivity index (χ0n) is 20.3. The van der Waals surface area contributed by atoms with Gasteiger partial charge in [0.1, 0.15) is 17.4 Å². The first-order chi connectivity index (χ1) is 17.5. The van der Waals surface area contributed by atoms with E-state index in [4.69, 9.17) is 4.74 Å². The molecule has 0 amide bonds. The van der Waals surface area contributed by atoms with E-state index in [2.05, 4.69) is 27.2 Å². The Kier molecular flexibility index (Phi) is 8.83. The standard InChI is InChI=1S/C28H31F2N3O3/c1-36-24-5-7-27-26(16-24)25(8-10-31-27)28(32-35)6-4-20-9-12-33(17-21(20)18-34)11-2-3-19-13-22(29)15-23(30)14-19/h5,7-8,10,13-16,20-21,28,32,34-35H,4,6,9,11-12,17-18H2,1H3/t20-,21-,28-/m1/s1. The summed E-state index contributed by atoms with van der Waals surface area (Å²) >= 11 is 0. The van der Waals surface area contributed by atoms with Crippen LogP contribution >= 0.6 is 0 Å². The van der Waals surface area contributed by atoms with Gasteiger partial charge in [-0.15, -0.1) is 0 Å². The summed E-state index contributed by atoms with van der Waals surface area (Å²) < 4.78 is 32.1. The summed E-state index contributed by atoms with van der Waals surface area (Å²) in [5.74, 6) is 5.64. The molecule has 3 N–H and O–H groups in total. The number of nitrogens with one attached hydrogen (secondary N) is 1. The molecule has 3 aromatic rings. The van der Waals surface area contributed by atoms with E-state index in [0.29, 0.717) is 31.0 Å². The van der Waals surface area contributed by atoms with E-state index in [1.54, 1.807) is 13.3 Å². The average molecular weight is 496 g/mol. The summed E-state index contributed by atoms with van der Waals surface area (Å²) in [6, 6.07) is 10.6. The fourth-order valence-electron chi connectivity index (χ4n) is 5.01. The average Bonchev–Trinajstić information content (AvgIpc) is 2.88. The highest BCUT2D eigenvalue weighted by Crippen LogP contribution is 2.33. The zero-order valence-corrected chi connectivity index (χ0v) is 20.3. The molecule has 1 saturated heterocycles. The van der Waals surface area contributed by atoms with Gasteiger partial charge in [0.05, 0.1) is 25.2 Å². The normalized spacial score (nSPS) is 19.0. The fraction of sp³-hybridized carbons (Fsp3) is 0.393. The molecule has 2 aromatic carbocycles. The number of rotatable bonds is 8. The highest BCUT2D eigenvalue weighted by molar-refractivity contribution is 5.84. The fourth-order valence-corrected chi connectivity index (χ4v) is 5.01. The molecule has 1 aromatic heterocycles. The summed E-state index contributed by atoms with van der Waals surface area (Å²) in [6.45, 7) is 2.04. The van der Waals surface area contributed by atoms with E-state index in [9.17, 15) is 19.1 Å². The van der Waals surface area contributed by atoms with Gasteiger partial charge in [-0.1, -0.05) is 11.8 Å². The smallest absolute Gasteiger partial charge is 0.127 e. The third-order valence-corrected chi connectivity index (χ3v) is 6.95. The van der Waals surface area contributed by atoms with Crippen LogP contribution in [-0.2, 0) is 0 Å². The first-order valence-electron chi connectivity index (χ1n) is 12.1. The highest BCUT2D eigenvalue weighted by Gasteiger charge is 2.29. The lowest BCUT2D eigenvalue weighted by Gasteiger charge is -2.37. The summed E-state index contributed by atoms with van der Waals surface area (Å²) in [5.41, 5.74) is 4.56.